The highest BCUT2D eigenvalue weighted by atomic mass is 16.5. The standard InChI is InChI=1S/C20H38O2/c1-15(2)16-7-13-20(6,14-8-16)22-18(3,4)17-9-11-19(5,21)12-10-17/h15-17,21H,7-14H2,1-6H3/t16-,17-,19+,20-. The van der Waals surface area contributed by atoms with Crippen molar-refractivity contribution in [3.8, 4) is 0 Å². The molecule has 0 radical (unpaired) electrons. The molecule has 0 aromatic carbocycles. The van der Waals surface area contributed by atoms with E-state index in [1.165, 1.54) is 25.7 Å². The molecule has 2 heteroatoms. The zero-order valence-corrected chi connectivity index (χ0v) is 15.7. The van der Waals surface area contributed by atoms with Gasteiger partial charge in [0.1, 0.15) is 0 Å². The van der Waals surface area contributed by atoms with Gasteiger partial charge in [0.05, 0.1) is 16.8 Å². The highest BCUT2D eigenvalue weighted by Crippen LogP contribution is 2.45. The third kappa shape index (κ3) is 4.47. The molecule has 2 aliphatic rings. The summed E-state index contributed by atoms with van der Waals surface area (Å²) < 4.78 is 6.72. The molecule has 0 heterocycles. The Balaban J connectivity index is 1.91. The molecule has 22 heavy (non-hydrogen) atoms. The molecule has 0 aromatic rings. The molecule has 2 nitrogen and oxygen atoms in total. The van der Waals surface area contributed by atoms with Gasteiger partial charge in [0.15, 0.2) is 0 Å². The average molecular weight is 311 g/mol. The normalized spacial score (nSPS) is 40.9. The van der Waals surface area contributed by atoms with Gasteiger partial charge in [-0.3, -0.25) is 0 Å². The summed E-state index contributed by atoms with van der Waals surface area (Å²) in [5.74, 6) is 2.26. The van der Waals surface area contributed by atoms with Crippen LogP contribution in [0.15, 0.2) is 0 Å². The zero-order chi connectivity index (χ0) is 16.6. The third-order valence-electron chi connectivity index (χ3n) is 6.59. The molecule has 0 unspecified atom stereocenters. The third-order valence-corrected chi connectivity index (χ3v) is 6.59. The highest BCUT2D eigenvalue weighted by Gasteiger charge is 2.43. The molecule has 0 aromatic heterocycles. The van der Waals surface area contributed by atoms with E-state index in [1.807, 2.05) is 6.92 Å². The lowest BCUT2D eigenvalue weighted by Gasteiger charge is -2.48. The number of aliphatic hydroxyl groups is 1. The number of ether oxygens (including phenoxy) is 1. The first-order chi connectivity index (χ1) is 10.0. The minimum atomic E-state index is -0.453. The maximum absolute atomic E-state index is 10.2. The largest absolute Gasteiger partial charge is 0.390 e. The second-order valence-corrected chi connectivity index (χ2v) is 9.51. The maximum Gasteiger partial charge on any atom is 0.0662 e. The molecular formula is C20H38O2. The predicted molar refractivity (Wildman–Crippen MR) is 92.9 cm³/mol. The molecular weight excluding hydrogens is 272 g/mol. The molecule has 0 spiro atoms. The van der Waals surface area contributed by atoms with Crippen molar-refractivity contribution in [3.63, 3.8) is 0 Å². The van der Waals surface area contributed by atoms with Crippen molar-refractivity contribution in [2.75, 3.05) is 0 Å². The molecule has 2 fully saturated rings. The van der Waals surface area contributed by atoms with E-state index in [9.17, 15) is 5.11 Å². The molecule has 0 amide bonds. The van der Waals surface area contributed by atoms with E-state index in [2.05, 4.69) is 34.6 Å². The van der Waals surface area contributed by atoms with Crippen molar-refractivity contribution < 1.29 is 9.84 Å². The van der Waals surface area contributed by atoms with Crippen LogP contribution in [0.2, 0.25) is 0 Å². The van der Waals surface area contributed by atoms with E-state index in [-0.39, 0.29) is 11.2 Å². The molecule has 0 saturated heterocycles. The van der Waals surface area contributed by atoms with Gasteiger partial charge in [-0.1, -0.05) is 13.8 Å². The van der Waals surface area contributed by atoms with E-state index in [1.54, 1.807) is 0 Å². The second-order valence-electron chi connectivity index (χ2n) is 9.51. The minimum Gasteiger partial charge on any atom is -0.390 e. The molecule has 2 saturated carbocycles. The second kappa shape index (κ2) is 6.43. The van der Waals surface area contributed by atoms with Crippen LogP contribution in [0, 0.1) is 17.8 Å². The summed E-state index contributed by atoms with van der Waals surface area (Å²) in [5.41, 5.74) is -0.476. The quantitative estimate of drug-likeness (QED) is 0.760. The Bertz CT molecular complexity index is 352. The Morgan fingerprint density at radius 3 is 1.91 bits per heavy atom. The Kier molecular flexibility index (Phi) is 5.34. The summed E-state index contributed by atoms with van der Waals surface area (Å²) in [7, 11) is 0. The van der Waals surface area contributed by atoms with Crippen LogP contribution in [0.1, 0.15) is 92.9 Å². The van der Waals surface area contributed by atoms with Crippen LogP contribution >= 0.6 is 0 Å². The monoisotopic (exact) mass is 310 g/mol. The topological polar surface area (TPSA) is 29.5 Å². The van der Waals surface area contributed by atoms with Crippen LogP contribution in [-0.4, -0.2) is 21.9 Å². The summed E-state index contributed by atoms with van der Waals surface area (Å²) in [6, 6.07) is 0. The van der Waals surface area contributed by atoms with E-state index < -0.39 is 5.60 Å². The summed E-state index contributed by atoms with van der Waals surface area (Å²) in [6.07, 6.45) is 9.02. The van der Waals surface area contributed by atoms with E-state index in [4.69, 9.17) is 4.74 Å². The van der Waals surface area contributed by atoms with Gasteiger partial charge >= 0.3 is 0 Å². The van der Waals surface area contributed by atoms with Gasteiger partial charge in [-0.15, -0.1) is 0 Å². The summed E-state index contributed by atoms with van der Waals surface area (Å²) in [6.45, 7) is 13.6. The van der Waals surface area contributed by atoms with Crippen LogP contribution < -0.4 is 0 Å². The fourth-order valence-electron chi connectivity index (χ4n) is 4.67. The number of hydrogen-bond acceptors (Lipinski definition) is 2. The van der Waals surface area contributed by atoms with E-state index in [0.29, 0.717) is 5.92 Å². The van der Waals surface area contributed by atoms with Gasteiger partial charge in [-0.25, -0.2) is 0 Å². The van der Waals surface area contributed by atoms with Crippen LogP contribution in [0.3, 0.4) is 0 Å². The molecule has 0 aliphatic heterocycles. The first-order valence-corrected chi connectivity index (χ1v) is 9.46. The van der Waals surface area contributed by atoms with Gasteiger partial charge in [-0.05, 0) is 96.8 Å². The van der Waals surface area contributed by atoms with Crippen molar-refractivity contribution in [3.05, 3.63) is 0 Å². The Hall–Kier alpha value is -0.0800. The van der Waals surface area contributed by atoms with E-state index >= 15 is 0 Å². The predicted octanol–water partition coefficient (Wildman–Crippen LogP) is 5.33. The fourth-order valence-corrected chi connectivity index (χ4v) is 4.67. The average Bonchev–Trinajstić information content (AvgIpc) is 2.37. The van der Waals surface area contributed by atoms with Crippen molar-refractivity contribution in [2.24, 2.45) is 17.8 Å². The number of hydrogen-bond donors (Lipinski definition) is 1. The summed E-state index contributed by atoms with van der Waals surface area (Å²) in [5, 5.41) is 10.2. The molecule has 1 N–H and O–H groups in total. The Labute approximate surface area is 138 Å². The first-order valence-electron chi connectivity index (χ1n) is 9.46. The Morgan fingerprint density at radius 2 is 1.45 bits per heavy atom. The SMILES string of the molecule is CC(C)[C@H]1CC[C@](C)(OC(C)(C)[C@H]2CC[C@@](C)(O)CC2)CC1. The zero-order valence-electron chi connectivity index (χ0n) is 15.7. The molecule has 2 aliphatic carbocycles. The lowest BCUT2D eigenvalue weighted by Crippen LogP contribution is -2.48. The smallest absolute Gasteiger partial charge is 0.0662 e. The van der Waals surface area contributed by atoms with Gasteiger partial charge in [-0.2, -0.15) is 0 Å². The number of rotatable bonds is 4. The highest BCUT2D eigenvalue weighted by molar-refractivity contribution is 4.93. The van der Waals surface area contributed by atoms with Gasteiger partial charge < -0.3 is 9.84 Å². The summed E-state index contributed by atoms with van der Waals surface area (Å²) in [4.78, 5) is 0. The maximum atomic E-state index is 10.2. The van der Waals surface area contributed by atoms with Crippen LogP contribution in [0.4, 0.5) is 0 Å². The first kappa shape index (κ1) is 18.3. The van der Waals surface area contributed by atoms with Crippen LogP contribution in [0.5, 0.6) is 0 Å². The van der Waals surface area contributed by atoms with Gasteiger partial charge in [0, 0.05) is 0 Å². The molecule has 130 valence electrons. The van der Waals surface area contributed by atoms with Crippen molar-refractivity contribution >= 4 is 0 Å². The lowest BCUT2D eigenvalue weighted by molar-refractivity contribution is -0.184. The lowest BCUT2D eigenvalue weighted by atomic mass is 9.72. The molecule has 2 rings (SSSR count). The van der Waals surface area contributed by atoms with Crippen LogP contribution in [0.25, 0.3) is 0 Å². The van der Waals surface area contributed by atoms with E-state index in [0.717, 1.165) is 37.5 Å². The fraction of sp³-hybridized carbons (Fsp3) is 1.00. The molecule has 0 atom stereocenters. The van der Waals surface area contributed by atoms with Gasteiger partial charge in [0.25, 0.3) is 0 Å². The molecule has 0 bridgehead atoms. The van der Waals surface area contributed by atoms with Crippen LogP contribution in [-0.2, 0) is 4.74 Å². The van der Waals surface area contributed by atoms with Crippen molar-refractivity contribution in [1.29, 1.82) is 0 Å². The Morgan fingerprint density at radius 1 is 0.955 bits per heavy atom. The van der Waals surface area contributed by atoms with Gasteiger partial charge in [0.2, 0.25) is 0 Å². The summed E-state index contributed by atoms with van der Waals surface area (Å²) >= 11 is 0. The minimum absolute atomic E-state index is 0.0505. The van der Waals surface area contributed by atoms with Crippen molar-refractivity contribution in [1.82, 2.24) is 0 Å². The van der Waals surface area contributed by atoms with Crippen molar-refractivity contribution in [2.45, 2.75) is 110 Å².